The zero-order valence-corrected chi connectivity index (χ0v) is 22.5. The summed E-state index contributed by atoms with van der Waals surface area (Å²) in [7, 11) is 0. The van der Waals surface area contributed by atoms with Crippen molar-refractivity contribution in [2.24, 2.45) is 0 Å². The van der Waals surface area contributed by atoms with Crippen LogP contribution in [0.25, 0.3) is 0 Å². The highest BCUT2D eigenvalue weighted by Gasteiger charge is 2.23. The second-order valence-corrected chi connectivity index (χ2v) is 10.8. The Kier molecular flexibility index (Phi) is 10.2. The third kappa shape index (κ3) is 7.74. The maximum atomic E-state index is 5.54. The fraction of sp³-hybridized carbons (Fsp3) is 0.633. The molecule has 1 aliphatic carbocycles. The minimum absolute atomic E-state index is 0.527. The number of ether oxygens (including phenoxy) is 1. The van der Waals surface area contributed by atoms with Crippen molar-refractivity contribution in [3.63, 3.8) is 0 Å². The van der Waals surface area contributed by atoms with Gasteiger partial charge in [0, 0.05) is 76.0 Å². The summed E-state index contributed by atoms with van der Waals surface area (Å²) in [5.74, 6) is 0. The van der Waals surface area contributed by atoms with Crippen molar-refractivity contribution in [3.8, 4) is 0 Å². The number of aromatic nitrogens is 1. The number of fused-ring (bicyclic) bond motifs is 2. The van der Waals surface area contributed by atoms with E-state index in [1.807, 2.05) is 12.3 Å². The highest BCUT2D eigenvalue weighted by molar-refractivity contribution is 5.58. The van der Waals surface area contributed by atoms with E-state index in [2.05, 4.69) is 55.0 Å². The Labute approximate surface area is 223 Å². The van der Waals surface area contributed by atoms with E-state index in [0.29, 0.717) is 6.04 Å². The molecule has 4 aliphatic rings. The first-order valence-corrected chi connectivity index (χ1v) is 14.6. The van der Waals surface area contributed by atoms with Crippen LogP contribution in [0.5, 0.6) is 0 Å². The quantitative estimate of drug-likeness (QED) is 0.499. The number of nitrogens with zero attached hydrogens (tertiary/aromatic N) is 3. The van der Waals surface area contributed by atoms with Crippen LogP contribution in [0.4, 0.5) is 5.69 Å². The average Bonchev–Trinajstić information content (AvgIpc) is 2.98. The molecule has 1 unspecified atom stereocenters. The lowest BCUT2D eigenvalue weighted by molar-refractivity contribution is 0.122. The van der Waals surface area contributed by atoms with Crippen LogP contribution in [0.15, 0.2) is 36.5 Å². The van der Waals surface area contributed by atoms with Crippen LogP contribution in [0.1, 0.15) is 41.6 Å². The van der Waals surface area contributed by atoms with E-state index < -0.39 is 0 Å². The highest BCUT2D eigenvalue weighted by atomic mass is 16.5. The predicted octanol–water partition coefficient (Wildman–Crippen LogP) is 2.38. The van der Waals surface area contributed by atoms with Gasteiger partial charge in [-0.25, -0.2) is 0 Å². The number of piperazine rings is 1. The van der Waals surface area contributed by atoms with Crippen molar-refractivity contribution >= 4 is 5.69 Å². The monoisotopic (exact) mass is 506 g/mol. The molecule has 1 aromatic heterocycles. The molecule has 0 radical (unpaired) electrons. The third-order valence-corrected chi connectivity index (χ3v) is 8.15. The molecule has 2 fully saturated rings. The van der Waals surface area contributed by atoms with Crippen LogP contribution in [0.2, 0.25) is 0 Å². The summed E-state index contributed by atoms with van der Waals surface area (Å²) in [5, 5.41) is 10.8. The van der Waals surface area contributed by atoms with Crippen molar-refractivity contribution in [1.29, 1.82) is 0 Å². The van der Waals surface area contributed by atoms with Gasteiger partial charge < -0.3 is 30.5 Å². The van der Waals surface area contributed by atoms with Crippen molar-refractivity contribution in [1.82, 2.24) is 25.8 Å². The fourth-order valence-electron chi connectivity index (χ4n) is 6.01. The van der Waals surface area contributed by atoms with Crippen molar-refractivity contribution < 1.29 is 4.74 Å². The fourth-order valence-corrected chi connectivity index (χ4v) is 6.01. The van der Waals surface area contributed by atoms with Gasteiger partial charge in [0.1, 0.15) is 0 Å². The number of pyridine rings is 1. The van der Waals surface area contributed by atoms with Crippen LogP contribution >= 0.6 is 0 Å². The Morgan fingerprint density at radius 3 is 2.68 bits per heavy atom. The van der Waals surface area contributed by atoms with E-state index in [-0.39, 0.29) is 0 Å². The van der Waals surface area contributed by atoms with Crippen molar-refractivity contribution in [2.45, 2.75) is 51.1 Å². The summed E-state index contributed by atoms with van der Waals surface area (Å²) in [6, 6.07) is 11.5. The second kappa shape index (κ2) is 14.2. The van der Waals surface area contributed by atoms with E-state index in [9.17, 15) is 0 Å². The van der Waals surface area contributed by atoms with Crippen LogP contribution in [0, 0.1) is 0 Å². The molecule has 0 spiro atoms. The molecule has 1 atom stereocenters. The van der Waals surface area contributed by atoms with Gasteiger partial charge >= 0.3 is 0 Å². The van der Waals surface area contributed by atoms with Crippen molar-refractivity contribution in [3.05, 3.63) is 58.9 Å². The smallest absolute Gasteiger partial charge is 0.0642 e. The SMILES string of the molecule is c1cc2c(c(N3CCOCC3)c1)CC(CNCCCN1CCNCC1)NC2.c1cnc2c(c1)CCCC2. The summed E-state index contributed by atoms with van der Waals surface area (Å²) in [6.45, 7) is 12.8. The number of morpholine rings is 1. The lowest BCUT2D eigenvalue weighted by Crippen LogP contribution is -2.45. The molecule has 37 heavy (non-hydrogen) atoms. The first kappa shape index (κ1) is 26.6. The third-order valence-electron chi connectivity index (χ3n) is 8.15. The largest absolute Gasteiger partial charge is 0.378 e. The minimum Gasteiger partial charge on any atom is -0.378 e. The average molecular weight is 507 g/mol. The number of rotatable bonds is 7. The van der Waals surface area contributed by atoms with E-state index in [4.69, 9.17) is 4.74 Å². The van der Waals surface area contributed by atoms with Gasteiger partial charge in [-0.05, 0) is 80.4 Å². The van der Waals surface area contributed by atoms with E-state index >= 15 is 0 Å². The Morgan fingerprint density at radius 1 is 0.973 bits per heavy atom. The van der Waals surface area contributed by atoms with Gasteiger partial charge in [-0.15, -0.1) is 0 Å². The molecule has 202 valence electrons. The minimum atomic E-state index is 0.527. The Morgan fingerprint density at radius 2 is 1.81 bits per heavy atom. The van der Waals surface area contributed by atoms with Crippen LogP contribution in [-0.4, -0.2) is 88.0 Å². The first-order valence-electron chi connectivity index (χ1n) is 14.6. The van der Waals surface area contributed by atoms with Gasteiger partial charge in [-0.2, -0.15) is 0 Å². The number of hydrogen-bond donors (Lipinski definition) is 3. The normalized spacial score (nSPS) is 21.9. The van der Waals surface area contributed by atoms with Crippen molar-refractivity contribution in [2.75, 3.05) is 77.0 Å². The lowest BCUT2D eigenvalue weighted by atomic mass is 9.93. The Hall–Kier alpha value is -2.03. The summed E-state index contributed by atoms with van der Waals surface area (Å²) < 4.78 is 5.54. The number of anilines is 1. The summed E-state index contributed by atoms with van der Waals surface area (Å²) in [5.41, 5.74) is 7.24. The first-order chi connectivity index (χ1) is 18.4. The van der Waals surface area contributed by atoms with E-state index in [1.165, 1.54) is 74.2 Å². The standard InChI is InChI=1S/C21H35N5O.C9H11N/c1-3-18-16-24-19(17-23-5-2-8-25-9-6-22-7-10-25)15-20(18)21(4-1)26-11-13-27-14-12-26;1-2-6-9-8(4-1)5-3-7-10-9/h1,3-4,19,22-24H,2,5-17H2;3,5,7H,1-2,4,6H2. The molecular formula is C30H46N6O. The Balaban J connectivity index is 0.000000233. The molecule has 6 rings (SSSR count). The molecule has 0 saturated carbocycles. The van der Waals surface area contributed by atoms with Gasteiger partial charge in [-0.1, -0.05) is 18.2 Å². The molecule has 0 bridgehead atoms. The summed E-state index contributed by atoms with van der Waals surface area (Å²) in [4.78, 5) is 9.40. The molecule has 2 aromatic rings. The highest BCUT2D eigenvalue weighted by Crippen LogP contribution is 2.28. The predicted molar refractivity (Wildman–Crippen MR) is 151 cm³/mol. The summed E-state index contributed by atoms with van der Waals surface area (Å²) in [6.07, 6.45) is 9.35. The van der Waals surface area contributed by atoms with Gasteiger partial charge in [0.15, 0.2) is 0 Å². The maximum Gasteiger partial charge on any atom is 0.0642 e. The van der Waals surface area contributed by atoms with Gasteiger partial charge in [0.25, 0.3) is 0 Å². The molecule has 3 aliphatic heterocycles. The Bertz CT molecular complexity index is 932. The van der Waals surface area contributed by atoms with Crippen LogP contribution in [0.3, 0.4) is 0 Å². The van der Waals surface area contributed by atoms with Gasteiger partial charge in [-0.3, -0.25) is 4.98 Å². The molecule has 4 heterocycles. The zero-order chi connectivity index (χ0) is 25.1. The molecular weight excluding hydrogens is 460 g/mol. The van der Waals surface area contributed by atoms with Crippen LogP contribution in [-0.2, 0) is 30.5 Å². The molecule has 2 saturated heterocycles. The lowest BCUT2D eigenvalue weighted by Gasteiger charge is -2.34. The number of benzene rings is 1. The molecule has 0 amide bonds. The molecule has 7 nitrogen and oxygen atoms in total. The molecule has 3 N–H and O–H groups in total. The topological polar surface area (TPSA) is 64.7 Å². The summed E-state index contributed by atoms with van der Waals surface area (Å²) >= 11 is 0. The number of nitrogens with one attached hydrogen (secondary N) is 3. The van der Waals surface area contributed by atoms with Gasteiger partial charge in [0.2, 0.25) is 0 Å². The van der Waals surface area contributed by atoms with E-state index in [0.717, 1.165) is 65.4 Å². The maximum absolute atomic E-state index is 5.54. The molecule has 7 heteroatoms. The number of aryl methyl sites for hydroxylation is 2. The zero-order valence-electron chi connectivity index (χ0n) is 22.5. The second-order valence-electron chi connectivity index (χ2n) is 10.8. The molecule has 1 aromatic carbocycles. The van der Waals surface area contributed by atoms with Crippen LogP contribution < -0.4 is 20.9 Å². The number of hydrogen-bond acceptors (Lipinski definition) is 7. The van der Waals surface area contributed by atoms with E-state index in [1.54, 1.807) is 5.56 Å². The van der Waals surface area contributed by atoms with Gasteiger partial charge in [0.05, 0.1) is 13.2 Å².